The van der Waals surface area contributed by atoms with Crippen LogP contribution >= 0.6 is 0 Å². The summed E-state index contributed by atoms with van der Waals surface area (Å²) in [6.45, 7) is 2.66. The summed E-state index contributed by atoms with van der Waals surface area (Å²) in [7, 11) is 3.90. The van der Waals surface area contributed by atoms with Crippen molar-refractivity contribution in [2.75, 3.05) is 25.6 Å². The van der Waals surface area contributed by atoms with Crippen LogP contribution in [0.3, 0.4) is 0 Å². The van der Waals surface area contributed by atoms with Gasteiger partial charge in [0.05, 0.1) is 0 Å². The number of hydrogen-bond acceptors (Lipinski definition) is 5. The fourth-order valence-electron chi connectivity index (χ4n) is 3.71. The zero-order chi connectivity index (χ0) is 16.7. The highest BCUT2D eigenvalue weighted by Crippen LogP contribution is 2.38. The van der Waals surface area contributed by atoms with Crippen molar-refractivity contribution in [2.45, 2.75) is 31.7 Å². The van der Waals surface area contributed by atoms with Gasteiger partial charge in [0.1, 0.15) is 12.1 Å². The van der Waals surface area contributed by atoms with Crippen LogP contribution in [-0.2, 0) is 17.6 Å². The predicted octanol–water partition coefficient (Wildman–Crippen LogP) is 2.89. The van der Waals surface area contributed by atoms with Crippen LogP contribution in [-0.4, -0.2) is 42.1 Å². The molecule has 24 heavy (non-hydrogen) atoms. The van der Waals surface area contributed by atoms with Crippen molar-refractivity contribution in [3.8, 4) is 11.1 Å². The summed E-state index contributed by atoms with van der Waals surface area (Å²) in [5.41, 5.74) is 5.05. The lowest BCUT2D eigenvalue weighted by Gasteiger charge is -2.31. The van der Waals surface area contributed by atoms with E-state index in [4.69, 9.17) is 9.73 Å². The van der Waals surface area contributed by atoms with Crippen LogP contribution in [0.2, 0.25) is 0 Å². The predicted molar refractivity (Wildman–Crippen MR) is 95.6 cm³/mol. The Bertz CT molecular complexity index is 798. The van der Waals surface area contributed by atoms with Gasteiger partial charge in [-0.25, -0.2) is 15.0 Å². The van der Waals surface area contributed by atoms with E-state index in [-0.39, 0.29) is 5.54 Å². The zero-order valence-corrected chi connectivity index (χ0v) is 14.4. The van der Waals surface area contributed by atoms with Crippen molar-refractivity contribution in [3.05, 3.63) is 41.7 Å². The summed E-state index contributed by atoms with van der Waals surface area (Å²) in [5.74, 6) is 1.55. The molecule has 1 aromatic heterocycles. The van der Waals surface area contributed by atoms with E-state index in [1.54, 1.807) is 0 Å². The molecule has 124 valence electrons. The number of benzene rings is 1. The molecule has 2 heterocycles. The second-order valence-corrected chi connectivity index (χ2v) is 6.93. The Balaban J connectivity index is 1.69. The quantitative estimate of drug-likeness (QED) is 0.853. The van der Waals surface area contributed by atoms with Gasteiger partial charge in [-0.1, -0.05) is 18.2 Å². The third-order valence-electron chi connectivity index (χ3n) is 4.93. The first-order valence-corrected chi connectivity index (χ1v) is 8.36. The van der Waals surface area contributed by atoms with Crippen LogP contribution in [0.5, 0.6) is 0 Å². The van der Waals surface area contributed by atoms with E-state index in [0.29, 0.717) is 6.61 Å². The van der Waals surface area contributed by atoms with Gasteiger partial charge in [-0.15, -0.1) is 0 Å². The molecule has 4 rings (SSSR count). The maximum Gasteiger partial charge on any atom is 0.224 e. The molecule has 1 aliphatic carbocycles. The number of hydrogen-bond donors (Lipinski definition) is 0. The molecule has 5 nitrogen and oxygen atoms in total. The molecule has 1 aromatic carbocycles. The fourth-order valence-corrected chi connectivity index (χ4v) is 3.71. The monoisotopic (exact) mass is 322 g/mol. The van der Waals surface area contributed by atoms with E-state index < -0.39 is 0 Å². The molecule has 1 spiro atoms. The van der Waals surface area contributed by atoms with Gasteiger partial charge in [0.15, 0.2) is 5.90 Å². The highest BCUT2D eigenvalue weighted by atomic mass is 16.5. The van der Waals surface area contributed by atoms with Crippen molar-refractivity contribution in [3.63, 3.8) is 0 Å². The standard InChI is InChI=1S/C19H22N4O/c1-13-22-19(12-24-13)8-7-17-14(9-19)5-4-6-16(17)15-10-20-18(21-11-15)23(2)3/h4-6,10-11H,7-9,12H2,1-3H3/t19-/m0/s1. The number of aromatic nitrogens is 2. The molecule has 0 radical (unpaired) electrons. The van der Waals surface area contributed by atoms with Crippen LogP contribution in [0, 0.1) is 0 Å². The van der Waals surface area contributed by atoms with Crippen LogP contribution in [0.25, 0.3) is 11.1 Å². The van der Waals surface area contributed by atoms with Gasteiger partial charge in [0.2, 0.25) is 5.95 Å². The number of aliphatic imine (C=N–C) groups is 1. The first kappa shape index (κ1) is 15.1. The molecule has 5 heteroatoms. The molecule has 2 aliphatic rings. The van der Waals surface area contributed by atoms with Gasteiger partial charge >= 0.3 is 0 Å². The maximum absolute atomic E-state index is 5.64. The summed E-state index contributed by atoms with van der Waals surface area (Å²) >= 11 is 0. The van der Waals surface area contributed by atoms with Crippen LogP contribution in [0.4, 0.5) is 5.95 Å². The summed E-state index contributed by atoms with van der Waals surface area (Å²) in [5, 5.41) is 0. The van der Waals surface area contributed by atoms with Crippen molar-refractivity contribution < 1.29 is 4.74 Å². The number of rotatable bonds is 2. The minimum absolute atomic E-state index is 0.0546. The van der Waals surface area contributed by atoms with E-state index in [2.05, 4.69) is 28.2 Å². The van der Waals surface area contributed by atoms with E-state index in [0.717, 1.165) is 36.7 Å². The Hall–Kier alpha value is -2.43. The molecule has 0 unspecified atom stereocenters. The topological polar surface area (TPSA) is 50.6 Å². The molecule has 1 atom stereocenters. The highest BCUT2D eigenvalue weighted by molar-refractivity contribution is 5.76. The fraction of sp³-hybridized carbons (Fsp3) is 0.421. The summed E-state index contributed by atoms with van der Waals surface area (Å²) < 4.78 is 5.64. The molecule has 0 N–H and O–H groups in total. The smallest absolute Gasteiger partial charge is 0.224 e. The Morgan fingerprint density at radius 1 is 1.17 bits per heavy atom. The van der Waals surface area contributed by atoms with E-state index in [1.807, 2.05) is 38.3 Å². The van der Waals surface area contributed by atoms with Gasteiger partial charge < -0.3 is 9.64 Å². The van der Waals surface area contributed by atoms with Crippen molar-refractivity contribution in [2.24, 2.45) is 4.99 Å². The molecular formula is C19H22N4O. The largest absolute Gasteiger partial charge is 0.479 e. The van der Waals surface area contributed by atoms with Crippen molar-refractivity contribution in [1.29, 1.82) is 0 Å². The summed E-state index contributed by atoms with van der Waals surface area (Å²) in [6, 6.07) is 6.52. The number of anilines is 1. The van der Waals surface area contributed by atoms with E-state index >= 15 is 0 Å². The van der Waals surface area contributed by atoms with Gasteiger partial charge in [-0.3, -0.25) is 0 Å². The van der Waals surface area contributed by atoms with E-state index in [1.165, 1.54) is 16.7 Å². The Kier molecular flexibility index (Phi) is 3.52. The van der Waals surface area contributed by atoms with E-state index in [9.17, 15) is 0 Å². The highest BCUT2D eigenvalue weighted by Gasteiger charge is 2.39. The maximum atomic E-state index is 5.64. The Morgan fingerprint density at radius 2 is 1.96 bits per heavy atom. The Morgan fingerprint density at radius 3 is 2.62 bits per heavy atom. The molecular weight excluding hydrogens is 300 g/mol. The summed E-state index contributed by atoms with van der Waals surface area (Å²) in [6.07, 6.45) is 6.84. The van der Waals surface area contributed by atoms with Crippen LogP contribution < -0.4 is 4.90 Å². The third-order valence-corrected chi connectivity index (χ3v) is 4.93. The molecule has 2 aromatic rings. The first-order valence-electron chi connectivity index (χ1n) is 8.36. The van der Waals surface area contributed by atoms with Gasteiger partial charge in [0, 0.05) is 45.4 Å². The second-order valence-electron chi connectivity index (χ2n) is 6.93. The average Bonchev–Trinajstić information content (AvgIpc) is 2.94. The molecule has 1 aliphatic heterocycles. The third kappa shape index (κ3) is 2.54. The van der Waals surface area contributed by atoms with Crippen molar-refractivity contribution in [1.82, 2.24) is 9.97 Å². The second kappa shape index (κ2) is 5.58. The lowest BCUT2D eigenvalue weighted by molar-refractivity contribution is 0.236. The van der Waals surface area contributed by atoms with Gasteiger partial charge in [-0.2, -0.15) is 0 Å². The average molecular weight is 322 g/mol. The number of ether oxygens (including phenoxy) is 1. The molecule has 0 saturated heterocycles. The van der Waals surface area contributed by atoms with Crippen LogP contribution in [0.15, 0.2) is 35.6 Å². The molecule has 0 amide bonds. The lowest BCUT2D eigenvalue weighted by Crippen LogP contribution is -2.35. The number of fused-ring (bicyclic) bond motifs is 1. The van der Waals surface area contributed by atoms with Crippen molar-refractivity contribution >= 4 is 11.8 Å². The zero-order valence-electron chi connectivity index (χ0n) is 14.4. The van der Waals surface area contributed by atoms with Gasteiger partial charge in [0.25, 0.3) is 0 Å². The molecule has 0 fully saturated rings. The first-order chi connectivity index (χ1) is 11.6. The van der Waals surface area contributed by atoms with Crippen LogP contribution in [0.1, 0.15) is 24.5 Å². The Labute approximate surface area is 142 Å². The summed E-state index contributed by atoms with van der Waals surface area (Å²) in [4.78, 5) is 15.6. The minimum atomic E-state index is -0.0546. The molecule has 0 saturated carbocycles. The molecule has 0 bridgehead atoms. The SMILES string of the molecule is CC1=N[C@]2(CCc3c(cccc3-c3cnc(N(C)C)nc3)C2)CO1. The minimum Gasteiger partial charge on any atom is -0.479 e. The normalized spacial score (nSPS) is 22.0. The van der Waals surface area contributed by atoms with Gasteiger partial charge in [-0.05, 0) is 29.5 Å². The lowest BCUT2D eigenvalue weighted by atomic mass is 9.77. The number of nitrogens with zero attached hydrogens (tertiary/aromatic N) is 4.